The van der Waals surface area contributed by atoms with Crippen LogP contribution in [0, 0.1) is 11.8 Å². The normalized spacial score (nSPS) is 21.4. The van der Waals surface area contributed by atoms with E-state index in [-0.39, 0.29) is 11.8 Å². The summed E-state index contributed by atoms with van der Waals surface area (Å²) in [5, 5.41) is 7.28. The van der Waals surface area contributed by atoms with Crippen molar-refractivity contribution in [3.63, 3.8) is 0 Å². The van der Waals surface area contributed by atoms with Crippen molar-refractivity contribution in [1.29, 1.82) is 0 Å². The number of benzene rings is 1. The topological polar surface area (TPSA) is 72.9 Å². The van der Waals surface area contributed by atoms with Crippen LogP contribution in [0.4, 0.5) is 5.69 Å². The van der Waals surface area contributed by atoms with Crippen molar-refractivity contribution in [1.82, 2.24) is 9.78 Å². The Balaban J connectivity index is 1.81. The lowest BCUT2D eigenvalue weighted by Crippen LogP contribution is -2.30. The zero-order valence-electron chi connectivity index (χ0n) is 11.9. The highest BCUT2D eigenvalue weighted by molar-refractivity contribution is 5.94. The van der Waals surface area contributed by atoms with Crippen LogP contribution < -0.4 is 11.1 Å². The average Bonchev–Trinajstić information content (AvgIpc) is 3.19. The lowest BCUT2D eigenvalue weighted by molar-refractivity contribution is -0.120. The maximum Gasteiger partial charge on any atom is 0.227 e. The lowest BCUT2D eigenvalue weighted by atomic mass is 9.95. The van der Waals surface area contributed by atoms with Crippen molar-refractivity contribution in [2.75, 3.05) is 11.9 Å². The molecule has 1 aliphatic carbocycles. The number of hydrogen-bond donors (Lipinski definition) is 2. The molecule has 1 heterocycles. The Labute approximate surface area is 124 Å². The molecule has 1 saturated carbocycles. The third kappa shape index (κ3) is 2.83. The van der Waals surface area contributed by atoms with E-state index in [9.17, 15) is 4.79 Å². The van der Waals surface area contributed by atoms with E-state index < -0.39 is 0 Å². The van der Waals surface area contributed by atoms with Crippen molar-refractivity contribution in [3.05, 3.63) is 42.7 Å². The molecular weight excluding hydrogens is 264 g/mol. The Hall–Kier alpha value is -2.14. The van der Waals surface area contributed by atoms with Gasteiger partial charge in [0, 0.05) is 18.3 Å². The number of nitrogens with two attached hydrogens (primary N) is 1. The van der Waals surface area contributed by atoms with Gasteiger partial charge in [0.1, 0.15) is 0 Å². The van der Waals surface area contributed by atoms with Gasteiger partial charge in [-0.1, -0.05) is 18.6 Å². The van der Waals surface area contributed by atoms with Crippen LogP contribution in [0.2, 0.25) is 0 Å². The molecule has 3 rings (SSSR count). The number of para-hydroxylation sites is 2. The van der Waals surface area contributed by atoms with E-state index in [4.69, 9.17) is 5.73 Å². The first-order chi connectivity index (χ1) is 10.3. The second-order valence-corrected chi connectivity index (χ2v) is 5.49. The molecule has 0 aliphatic heterocycles. The summed E-state index contributed by atoms with van der Waals surface area (Å²) in [5.41, 5.74) is 7.43. The van der Waals surface area contributed by atoms with Crippen molar-refractivity contribution in [2.45, 2.75) is 19.3 Å². The summed E-state index contributed by atoms with van der Waals surface area (Å²) in [5.74, 6) is 0.407. The van der Waals surface area contributed by atoms with Crippen LogP contribution in [0.5, 0.6) is 0 Å². The van der Waals surface area contributed by atoms with Gasteiger partial charge in [0.05, 0.1) is 11.4 Å². The van der Waals surface area contributed by atoms with Crippen LogP contribution in [-0.2, 0) is 4.79 Å². The van der Waals surface area contributed by atoms with Gasteiger partial charge < -0.3 is 11.1 Å². The highest BCUT2D eigenvalue weighted by Crippen LogP contribution is 2.32. The summed E-state index contributed by atoms with van der Waals surface area (Å²) in [7, 11) is 0. The molecule has 0 radical (unpaired) electrons. The Morgan fingerprint density at radius 1 is 1.33 bits per heavy atom. The quantitative estimate of drug-likeness (QED) is 0.904. The number of carbonyl (C=O) groups excluding carboxylic acids is 1. The molecule has 2 unspecified atom stereocenters. The smallest absolute Gasteiger partial charge is 0.227 e. The number of nitrogens with zero attached hydrogens (tertiary/aromatic N) is 2. The molecular formula is C16H20N4O. The number of amides is 1. The summed E-state index contributed by atoms with van der Waals surface area (Å²) in [6.07, 6.45) is 6.65. The highest BCUT2D eigenvalue weighted by atomic mass is 16.1. The van der Waals surface area contributed by atoms with Gasteiger partial charge in [0.2, 0.25) is 5.91 Å². The molecule has 3 N–H and O–H groups in total. The standard InChI is InChI=1S/C16H20N4O/c17-11-12-5-3-6-13(12)16(21)19-14-7-1-2-8-15(14)20-10-4-9-18-20/h1-2,4,7-10,12-13H,3,5-6,11,17H2,(H,19,21). The molecule has 1 aromatic heterocycles. The molecule has 110 valence electrons. The third-order valence-corrected chi connectivity index (χ3v) is 4.21. The summed E-state index contributed by atoms with van der Waals surface area (Å²) in [6, 6.07) is 9.56. The summed E-state index contributed by atoms with van der Waals surface area (Å²) >= 11 is 0. The lowest BCUT2D eigenvalue weighted by Gasteiger charge is -2.18. The van der Waals surface area contributed by atoms with Crippen LogP contribution >= 0.6 is 0 Å². The minimum absolute atomic E-state index is 0.0284. The van der Waals surface area contributed by atoms with Crippen LogP contribution in [-0.4, -0.2) is 22.2 Å². The van der Waals surface area contributed by atoms with E-state index >= 15 is 0 Å². The molecule has 5 heteroatoms. The molecule has 2 atom stereocenters. The number of carbonyl (C=O) groups is 1. The van der Waals surface area contributed by atoms with Crippen molar-refractivity contribution < 1.29 is 4.79 Å². The fourth-order valence-electron chi connectivity index (χ4n) is 3.08. The van der Waals surface area contributed by atoms with Gasteiger partial charge in [-0.25, -0.2) is 4.68 Å². The zero-order chi connectivity index (χ0) is 14.7. The summed E-state index contributed by atoms with van der Waals surface area (Å²) in [6.45, 7) is 0.582. The van der Waals surface area contributed by atoms with E-state index in [1.807, 2.05) is 36.5 Å². The monoisotopic (exact) mass is 284 g/mol. The molecule has 1 fully saturated rings. The van der Waals surface area contributed by atoms with Gasteiger partial charge in [0.15, 0.2) is 0 Å². The van der Waals surface area contributed by atoms with E-state index in [1.165, 1.54) is 0 Å². The first-order valence-corrected chi connectivity index (χ1v) is 7.39. The second kappa shape index (κ2) is 6.10. The van der Waals surface area contributed by atoms with E-state index in [0.29, 0.717) is 12.5 Å². The van der Waals surface area contributed by atoms with Crippen LogP contribution in [0.25, 0.3) is 5.69 Å². The molecule has 1 amide bonds. The largest absolute Gasteiger partial charge is 0.330 e. The van der Waals surface area contributed by atoms with Gasteiger partial charge in [0.25, 0.3) is 0 Å². The maximum atomic E-state index is 12.5. The third-order valence-electron chi connectivity index (χ3n) is 4.21. The molecule has 5 nitrogen and oxygen atoms in total. The van der Waals surface area contributed by atoms with Gasteiger partial charge in [-0.3, -0.25) is 4.79 Å². The van der Waals surface area contributed by atoms with Crippen molar-refractivity contribution in [3.8, 4) is 5.69 Å². The number of rotatable bonds is 4. The van der Waals surface area contributed by atoms with E-state index in [1.54, 1.807) is 10.9 Å². The van der Waals surface area contributed by atoms with Crippen molar-refractivity contribution >= 4 is 11.6 Å². The predicted molar refractivity (Wildman–Crippen MR) is 82.1 cm³/mol. The molecule has 1 aromatic carbocycles. The molecule has 1 aliphatic rings. The summed E-state index contributed by atoms with van der Waals surface area (Å²) in [4.78, 5) is 12.5. The number of hydrogen-bond acceptors (Lipinski definition) is 3. The molecule has 0 spiro atoms. The van der Waals surface area contributed by atoms with E-state index in [0.717, 1.165) is 30.6 Å². The van der Waals surface area contributed by atoms with Gasteiger partial charge in [-0.15, -0.1) is 0 Å². The number of aromatic nitrogens is 2. The zero-order valence-corrected chi connectivity index (χ0v) is 11.9. The van der Waals surface area contributed by atoms with Crippen LogP contribution in [0.3, 0.4) is 0 Å². The first-order valence-electron chi connectivity index (χ1n) is 7.39. The minimum atomic E-state index is 0.0284. The van der Waals surface area contributed by atoms with Gasteiger partial charge in [-0.05, 0) is 43.5 Å². The maximum absolute atomic E-state index is 12.5. The Morgan fingerprint density at radius 2 is 2.19 bits per heavy atom. The Kier molecular flexibility index (Phi) is 4.01. The first kappa shape index (κ1) is 13.8. The van der Waals surface area contributed by atoms with Gasteiger partial charge in [-0.2, -0.15) is 5.10 Å². The summed E-state index contributed by atoms with van der Waals surface area (Å²) < 4.78 is 1.75. The van der Waals surface area contributed by atoms with E-state index in [2.05, 4.69) is 10.4 Å². The SMILES string of the molecule is NCC1CCCC1C(=O)Nc1ccccc1-n1cccn1. The van der Waals surface area contributed by atoms with Gasteiger partial charge >= 0.3 is 0 Å². The second-order valence-electron chi connectivity index (χ2n) is 5.49. The Morgan fingerprint density at radius 3 is 2.95 bits per heavy atom. The Bertz CT molecular complexity index is 608. The van der Waals surface area contributed by atoms with Crippen molar-refractivity contribution in [2.24, 2.45) is 17.6 Å². The number of anilines is 1. The minimum Gasteiger partial charge on any atom is -0.330 e. The predicted octanol–water partition coefficient (Wildman–Crippen LogP) is 2.19. The number of nitrogens with one attached hydrogen (secondary N) is 1. The fraction of sp³-hybridized carbons (Fsp3) is 0.375. The highest BCUT2D eigenvalue weighted by Gasteiger charge is 2.32. The van der Waals surface area contributed by atoms with Crippen LogP contribution in [0.1, 0.15) is 19.3 Å². The molecule has 21 heavy (non-hydrogen) atoms. The fourth-order valence-corrected chi connectivity index (χ4v) is 3.08. The molecule has 0 bridgehead atoms. The average molecular weight is 284 g/mol. The molecule has 2 aromatic rings. The molecule has 0 saturated heterocycles. The van der Waals surface area contributed by atoms with Crippen LogP contribution in [0.15, 0.2) is 42.7 Å².